The number of nitrogens with one attached hydrogen (secondary N) is 1. The van der Waals surface area contributed by atoms with Gasteiger partial charge >= 0.3 is 0 Å². The second kappa shape index (κ2) is 6.36. The Kier molecular flexibility index (Phi) is 4.29. The topological polar surface area (TPSA) is 66.7 Å². The SMILES string of the molecule is O=C(NCC(=O)N1CCCCC1)c1nn2ccccc2c1Cl. The molecule has 0 aromatic carbocycles. The van der Waals surface area contributed by atoms with Crippen LogP contribution < -0.4 is 5.32 Å². The van der Waals surface area contributed by atoms with Crippen molar-refractivity contribution in [2.75, 3.05) is 19.6 Å². The van der Waals surface area contributed by atoms with Gasteiger partial charge in [-0.2, -0.15) is 5.10 Å². The molecule has 3 heterocycles. The molecule has 0 saturated carbocycles. The molecule has 0 atom stereocenters. The van der Waals surface area contributed by atoms with Crippen LogP contribution in [0.3, 0.4) is 0 Å². The smallest absolute Gasteiger partial charge is 0.273 e. The molecule has 0 aliphatic carbocycles. The zero-order valence-electron chi connectivity index (χ0n) is 12.1. The summed E-state index contributed by atoms with van der Waals surface area (Å²) in [5, 5.41) is 7.05. The number of likely N-dealkylation sites (tertiary alicyclic amines) is 1. The van der Waals surface area contributed by atoms with Crippen molar-refractivity contribution < 1.29 is 9.59 Å². The van der Waals surface area contributed by atoms with Gasteiger partial charge in [0.1, 0.15) is 0 Å². The number of aromatic nitrogens is 2. The van der Waals surface area contributed by atoms with Crippen LogP contribution in [0.4, 0.5) is 0 Å². The first-order valence-electron chi connectivity index (χ1n) is 7.35. The summed E-state index contributed by atoms with van der Waals surface area (Å²) in [4.78, 5) is 26.0. The molecule has 1 aliphatic rings. The number of carbonyl (C=O) groups is 2. The van der Waals surface area contributed by atoms with Gasteiger partial charge in [0.05, 0.1) is 17.1 Å². The van der Waals surface area contributed by atoms with E-state index in [0.717, 1.165) is 32.4 Å². The highest BCUT2D eigenvalue weighted by Gasteiger charge is 2.20. The van der Waals surface area contributed by atoms with Crippen LogP contribution in [0, 0.1) is 0 Å². The number of amides is 2. The third-order valence-electron chi connectivity index (χ3n) is 3.80. The first-order valence-corrected chi connectivity index (χ1v) is 7.73. The van der Waals surface area contributed by atoms with Gasteiger partial charge in [-0.05, 0) is 31.4 Å². The van der Waals surface area contributed by atoms with Gasteiger partial charge in [-0.3, -0.25) is 9.59 Å². The zero-order chi connectivity index (χ0) is 15.5. The fourth-order valence-electron chi connectivity index (χ4n) is 2.61. The minimum atomic E-state index is -0.431. The van der Waals surface area contributed by atoms with Gasteiger partial charge in [-0.25, -0.2) is 4.52 Å². The standard InChI is InChI=1S/C15H17ClN4O2/c16-13-11-6-2-5-9-20(11)18-14(13)15(22)17-10-12(21)19-7-3-1-4-8-19/h2,5-6,9H,1,3-4,7-8,10H2,(H,17,22). The maximum atomic E-state index is 12.2. The molecule has 0 bridgehead atoms. The minimum Gasteiger partial charge on any atom is -0.342 e. The van der Waals surface area contributed by atoms with Crippen LogP contribution in [0.5, 0.6) is 0 Å². The summed E-state index contributed by atoms with van der Waals surface area (Å²) in [6.07, 6.45) is 4.93. The lowest BCUT2D eigenvalue weighted by atomic mass is 10.1. The van der Waals surface area contributed by atoms with Crippen molar-refractivity contribution in [3.63, 3.8) is 0 Å². The predicted molar refractivity (Wildman–Crippen MR) is 83.0 cm³/mol. The fraction of sp³-hybridized carbons (Fsp3) is 0.400. The van der Waals surface area contributed by atoms with Crippen LogP contribution in [0.2, 0.25) is 5.02 Å². The van der Waals surface area contributed by atoms with Crippen molar-refractivity contribution in [3.8, 4) is 0 Å². The van der Waals surface area contributed by atoms with Gasteiger partial charge in [0.25, 0.3) is 5.91 Å². The quantitative estimate of drug-likeness (QED) is 0.936. The molecule has 6 nitrogen and oxygen atoms in total. The number of piperidine rings is 1. The number of fused-ring (bicyclic) bond motifs is 1. The normalized spacial score (nSPS) is 15.0. The Hall–Kier alpha value is -2.08. The van der Waals surface area contributed by atoms with Crippen molar-refractivity contribution >= 4 is 28.9 Å². The number of hydrogen-bond acceptors (Lipinski definition) is 3. The molecule has 2 aromatic rings. The minimum absolute atomic E-state index is 0.0248. The zero-order valence-corrected chi connectivity index (χ0v) is 12.8. The maximum Gasteiger partial charge on any atom is 0.273 e. The van der Waals surface area contributed by atoms with Crippen LogP contribution in [0.15, 0.2) is 24.4 Å². The number of nitrogens with zero attached hydrogens (tertiary/aromatic N) is 3. The summed E-state index contributed by atoms with van der Waals surface area (Å²) >= 11 is 6.18. The van der Waals surface area contributed by atoms with E-state index in [9.17, 15) is 9.59 Å². The summed E-state index contributed by atoms with van der Waals surface area (Å²) in [6, 6.07) is 5.41. The molecule has 2 amide bonds. The molecule has 1 aliphatic heterocycles. The highest BCUT2D eigenvalue weighted by molar-refractivity contribution is 6.36. The lowest BCUT2D eigenvalue weighted by Crippen LogP contribution is -2.42. The van der Waals surface area contributed by atoms with Crippen molar-refractivity contribution in [2.45, 2.75) is 19.3 Å². The van der Waals surface area contributed by atoms with Crippen LogP contribution in [-0.2, 0) is 4.79 Å². The molecule has 0 radical (unpaired) electrons. The lowest BCUT2D eigenvalue weighted by Gasteiger charge is -2.26. The first-order chi connectivity index (χ1) is 10.7. The maximum absolute atomic E-state index is 12.2. The Balaban J connectivity index is 1.66. The average Bonchev–Trinajstić information content (AvgIpc) is 2.90. The van der Waals surface area contributed by atoms with E-state index in [0.29, 0.717) is 10.5 Å². The molecule has 1 N–H and O–H groups in total. The number of hydrogen-bond donors (Lipinski definition) is 1. The molecule has 22 heavy (non-hydrogen) atoms. The average molecular weight is 321 g/mol. The Labute approximate surface area is 133 Å². The molecule has 1 saturated heterocycles. The van der Waals surface area contributed by atoms with Gasteiger partial charge < -0.3 is 10.2 Å². The second-order valence-electron chi connectivity index (χ2n) is 5.32. The summed E-state index contributed by atoms with van der Waals surface area (Å²) in [6.45, 7) is 1.51. The monoisotopic (exact) mass is 320 g/mol. The number of carbonyl (C=O) groups excluding carboxylic acids is 2. The van der Waals surface area contributed by atoms with Crippen LogP contribution >= 0.6 is 11.6 Å². The number of rotatable bonds is 3. The van der Waals surface area contributed by atoms with Gasteiger partial charge in [0, 0.05) is 19.3 Å². The van der Waals surface area contributed by atoms with E-state index < -0.39 is 5.91 Å². The predicted octanol–water partition coefficient (Wildman–Crippen LogP) is 1.73. The molecule has 0 spiro atoms. The van der Waals surface area contributed by atoms with E-state index >= 15 is 0 Å². The lowest BCUT2D eigenvalue weighted by molar-refractivity contribution is -0.130. The fourth-order valence-corrected chi connectivity index (χ4v) is 2.88. The van der Waals surface area contributed by atoms with Gasteiger partial charge in [0.15, 0.2) is 5.69 Å². The molecular weight excluding hydrogens is 304 g/mol. The second-order valence-corrected chi connectivity index (χ2v) is 5.70. The van der Waals surface area contributed by atoms with E-state index in [4.69, 9.17) is 11.6 Å². The van der Waals surface area contributed by atoms with Crippen LogP contribution in [0.1, 0.15) is 29.8 Å². The summed E-state index contributed by atoms with van der Waals surface area (Å²) < 4.78 is 1.55. The first kappa shape index (κ1) is 14.8. The molecule has 2 aromatic heterocycles. The highest BCUT2D eigenvalue weighted by atomic mass is 35.5. The molecular formula is C15H17ClN4O2. The summed E-state index contributed by atoms with van der Waals surface area (Å²) in [7, 11) is 0. The van der Waals surface area contributed by atoms with E-state index in [2.05, 4.69) is 10.4 Å². The Morgan fingerprint density at radius 2 is 2.00 bits per heavy atom. The van der Waals surface area contributed by atoms with E-state index in [1.807, 2.05) is 6.07 Å². The van der Waals surface area contributed by atoms with Gasteiger partial charge in [-0.15, -0.1) is 0 Å². The number of pyridine rings is 1. The summed E-state index contributed by atoms with van der Waals surface area (Å²) in [5.41, 5.74) is 0.802. The van der Waals surface area contributed by atoms with Crippen molar-refractivity contribution in [1.82, 2.24) is 19.8 Å². The molecule has 3 rings (SSSR count). The third-order valence-corrected chi connectivity index (χ3v) is 4.18. The molecule has 0 unspecified atom stereocenters. The van der Waals surface area contributed by atoms with E-state index in [-0.39, 0.29) is 18.1 Å². The van der Waals surface area contributed by atoms with Crippen LogP contribution in [-0.4, -0.2) is 46.0 Å². The van der Waals surface area contributed by atoms with Crippen molar-refractivity contribution in [1.29, 1.82) is 0 Å². The summed E-state index contributed by atoms with van der Waals surface area (Å²) in [5.74, 6) is -0.494. The largest absolute Gasteiger partial charge is 0.342 e. The third kappa shape index (κ3) is 2.92. The Bertz CT molecular complexity index is 707. The highest BCUT2D eigenvalue weighted by Crippen LogP contribution is 2.21. The van der Waals surface area contributed by atoms with E-state index in [1.54, 1.807) is 27.7 Å². The Morgan fingerprint density at radius 1 is 1.23 bits per heavy atom. The molecule has 116 valence electrons. The molecule has 1 fully saturated rings. The number of halogens is 1. The van der Waals surface area contributed by atoms with Gasteiger partial charge in [0.2, 0.25) is 5.91 Å². The van der Waals surface area contributed by atoms with E-state index in [1.165, 1.54) is 0 Å². The van der Waals surface area contributed by atoms with Crippen molar-refractivity contribution in [3.05, 3.63) is 35.1 Å². The van der Waals surface area contributed by atoms with Crippen LogP contribution in [0.25, 0.3) is 5.52 Å². The van der Waals surface area contributed by atoms with Gasteiger partial charge in [-0.1, -0.05) is 17.7 Å². The van der Waals surface area contributed by atoms with Crippen molar-refractivity contribution in [2.24, 2.45) is 0 Å². The Morgan fingerprint density at radius 3 is 2.73 bits per heavy atom. The molecule has 7 heteroatoms.